The minimum absolute atomic E-state index is 0.0275. The molecule has 0 radical (unpaired) electrons. The molecule has 2 aromatic rings. The van der Waals surface area contributed by atoms with Crippen molar-refractivity contribution in [3.63, 3.8) is 0 Å². The largest absolute Gasteiger partial charge is 0.340 e. The lowest BCUT2D eigenvalue weighted by atomic mass is 9.65. The Morgan fingerprint density at radius 2 is 1.88 bits per heavy atom. The maximum Gasteiger partial charge on any atom is 0.236 e. The smallest absolute Gasteiger partial charge is 0.236 e. The van der Waals surface area contributed by atoms with Crippen LogP contribution in [0.2, 0.25) is 10.0 Å². The number of fused-ring (bicyclic) bond motifs is 1. The Bertz CT molecular complexity index is 968. The monoisotopic (exact) mass is 475 g/mol. The van der Waals surface area contributed by atoms with Crippen LogP contribution >= 0.6 is 23.2 Å². The summed E-state index contributed by atoms with van der Waals surface area (Å²) in [6, 6.07) is 16.2. The average Bonchev–Trinajstić information content (AvgIpc) is 3.08. The molecule has 0 bridgehead atoms. The van der Waals surface area contributed by atoms with Gasteiger partial charge in [0.1, 0.15) is 6.29 Å². The van der Waals surface area contributed by atoms with Crippen LogP contribution in [0.5, 0.6) is 0 Å². The van der Waals surface area contributed by atoms with Crippen LogP contribution in [0.1, 0.15) is 63.1 Å². The Morgan fingerprint density at radius 1 is 1.16 bits per heavy atom. The standard InChI is InChI=1S/C26H31Cl2NO3/c1-5-23-17(2)32-26(31-4)25(3,13-14-30)16-22(19-7-6-8-21(28)15-19)24(29(23)26)18-9-11-20(27)12-10-18/h6-12,14-15,17,22-24H,5,13,16H2,1-4H3/t17-,22+,23-,24+,25-,26+/m0/s1. The van der Waals surface area contributed by atoms with Crippen LogP contribution in [0.15, 0.2) is 48.5 Å². The number of halogens is 2. The van der Waals surface area contributed by atoms with E-state index in [1.807, 2.05) is 30.3 Å². The fourth-order valence-corrected chi connectivity index (χ4v) is 6.34. The molecule has 0 N–H and O–H groups in total. The number of carbonyl (C=O) groups excluding carboxylic acids is 1. The van der Waals surface area contributed by atoms with Crippen molar-refractivity contribution in [1.82, 2.24) is 4.90 Å². The molecule has 0 saturated carbocycles. The van der Waals surface area contributed by atoms with Crippen molar-refractivity contribution in [2.24, 2.45) is 5.41 Å². The molecular weight excluding hydrogens is 445 g/mol. The number of hydrogen-bond acceptors (Lipinski definition) is 4. The van der Waals surface area contributed by atoms with E-state index in [9.17, 15) is 4.79 Å². The molecule has 2 aliphatic heterocycles. The average molecular weight is 476 g/mol. The first-order valence-electron chi connectivity index (χ1n) is 11.3. The number of carbonyl (C=O) groups is 1. The number of piperidine rings is 1. The van der Waals surface area contributed by atoms with Crippen LogP contribution in [-0.4, -0.2) is 36.4 Å². The molecule has 0 aliphatic carbocycles. The quantitative estimate of drug-likeness (QED) is 0.440. The third-order valence-corrected chi connectivity index (χ3v) is 7.90. The van der Waals surface area contributed by atoms with Crippen molar-refractivity contribution in [2.45, 2.75) is 70.1 Å². The van der Waals surface area contributed by atoms with E-state index in [0.717, 1.165) is 23.8 Å². The highest BCUT2D eigenvalue weighted by atomic mass is 35.5. The second-order valence-electron chi connectivity index (χ2n) is 9.29. The van der Waals surface area contributed by atoms with E-state index in [1.54, 1.807) is 7.11 Å². The molecule has 6 heteroatoms. The molecule has 2 heterocycles. The lowest BCUT2D eigenvalue weighted by molar-refractivity contribution is -0.357. The first kappa shape index (κ1) is 23.7. The minimum atomic E-state index is -1.01. The lowest BCUT2D eigenvalue weighted by Gasteiger charge is -2.58. The first-order chi connectivity index (χ1) is 15.3. The lowest BCUT2D eigenvalue weighted by Crippen LogP contribution is -2.65. The van der Waals surface area contributed by atoms with Crippen molar-refractivity contribution in [1.29, 1.82) is 0 Å². The predicted octanol–water partition coefficient (Wildman–Crippen LogP) is 6.62. The summed E-state index contributed by atoms with van der Waals surface area (Å²) in [6.45, 7) is 6.38. The molecule has 2 fully saturated rings. The van der Waals surface area contributed by atoms with Crippen LogP contribution in [0.3, 0.4) is 0 Å². The number of nitrogens with zero attached hydrogens (tertiary/aromatic N) is 1. The Kier molecular flexibility index (Phi) is 6.73. The highest BCUT2D eigenvalue weighted by Crippen LogP contribution is 2.62. The van der Waals surface area contributed by atoms with Gasteiger partial charge >= 0.3 is 0 Å². The molecule has 0 amide bonds. The normalized spacial score (nSPS) is 34.9. The maximum absolute atomic E-state index is 11.9. The summed E-state index contributed by atoms with van der Waals surface area (Å²) in [5.41, 5.74) is 1.75. The minimum Gasteiger partial charge on any atom is -0.340 e. The summed E-state index contributed by atoms with van der Waals surface area (Å²) in [6.07, 6.45) is 2.90. The summed E-state index contributed by atoms with van der Waals surface area (Å²) in [5.74, 6) is -0.918. The van der Waals surface area contributed by atoms with Gasteiger partial charge in [-0.3, -0.25) is 0 Å². The highest BCUT2D eigenvalue weighted by molar-refractivity contribution is 6.30. The van der Waals surface area contributed by atoms with Gasteiger partial charge in [-0.05, 0) is 55.2 Å². The van der Waals surface area contributed by atoms with Crippen LogP contribution in [0.25, 0.3) is 0 Å². The Morgan fingerprint density at radius 3 is 2.47 bits per heavy atom. The number of hydrogen-bond donors (Lipinski definition) is 0. The number of rotatable bonds is 6. The number of ether oxygens (including phenoxy) is 2. The van der Waals surface area contributed by atoms with Gasteiger partial charge in [0, 0.05) is 47.0 Å². The summed E-state index contributed by atoms with van der Waals surface area (Å²) in [4.78, 5) is 14.3. The van der Waals surface area contributed by atoms with E-state index >= 15 is 0 Å². The van der Waals surface area contributed by atoms with Gasteiger partial charge in [0.2, 0.25) is 5.91 Å². The van der Waals surface area contributed by atoms with Crippen molar-refractivity contribution >= 4 is 29.5 Å². The topological polar surface area (TPSA) is 38.8 Å². The highest BCUT2D eigenvalue weighted by Gasteiger charge is 2.67. The van der Waals surface area contributed by atoms with Crippen LogP contribution < -0.4 is 0 Å². The van der Waals surface area contributed by atoms with E-state index < -0.39 is 11.3 Å². The zero-order chi connectivity index (χ0) is 23.1. The van der Waals surface area contributed by atoms with Gasteiger partial charge < -0.3 is 14.3 Å². The van der Waals surface area contributed by atoms with Crippen molar-refractivity contribution < 1.29 is 14.3 Å². The molecule has 4 nitrogen and oxygen atoms in total. The molecule has 6 atom stereocenters. The zero-order valence-electron chi connectivity index (χ0n) is 19.1. The van der Waals surface area contributed by atoms with Crippen molar-refractivity contribution in [2.75, 3.05) is 7.11 Å². The van der Waals surface area contributed by atoms with Crippen molar-refractivity contribution in [3.05, 3.63) is 69.7 Å². The molecular formula is C26H31Cl2NO3. The van der Waals surface area contributed by atoms with Crippen LogP contribution in [-0.2, 0) is 14.3 Å². The summed E-state index contributed by atoms with van der Waals surface area (Å²) < 4.78 is 12.9. The van der Waals surface area contributed by atoms with Crippen LogP contribution in [0.4, 0.5) is 0 Å². The number of benzene rings is 2. The van der Waals surface area contributed by atoms with Gasteiger partial charge in [-0.1, -0.05) is 61.3 Å². The van der Waals surface area contributed by atoms with Gasteiger partial charge in [-0.2, -0.15) is 0 Å². The van der Waals surface area contributed by atoms with Crippen LogP contribution in [0, 0.1) is 5.41 Å². The van der Waals surface area contributed by atoms with Gasteiger partial charge in [0.25, 0.3) is 0 Å². The predicted molar refractivity (Wildman–Crippen MR) is 128 cm³/mol. The van der Waals surface area contributed by atoms with Crippen molar-refractivity contribution in [3.8, 4) is 0 Å². The fourth-order valence-electron chi connectivity index (χ4n) is 6.01. The Hall–Kier alpha value is -1.43. The molecule has 2 saturated heterocycles. The van der Waals surface area contributed by atoms with E-state index in [4.69, 9.17) is 32.7 Å². The molecule has 2 aliphatic rings. The summed E-state index contributed by atoms with van der Waals surface area (Å²) >= 11 is 12.7. The van der Waals surface area contributed by atoms with Gasteiger partial charge in [0.05, 0.1) is 6.10 Å². The van der Waals surface area contributed by atoms with E-state index in [-0.39, 0.29) is 24.1 Å². The molecule has 4 rings (SSSR count). The number of aldehydes is 1. The number of methoxy groups -OCH3 is 1. The molecule has 2 aromatic carbocycles. The molecule has 0 aromatic heterocycles. The third kappa shape index (κ3) is 3.70. The summed E-state index contributed by atoms with van der Waals surface area (Å²) in [5, 5.41) is 1.40. The molecule has 32 heavy (non-hydrogen) atoms. The Labute approximate surface area is 200 Å². The SMILES string of the molecule is CC[C@H]1[C@H](C)O[C@@]2(OC)N1[C@H](c1ccc(Cl)cc1)[C@@H](c1cccc(Cl)c1)C[C@]2(C)CC=O. The van der Waals surface area contributed by atoms with E-state index in [2.05, 4.69) is 43.9 Å². The second-order valence-corrected chi connectivity index (χ2v) is 10.2. The van der Waals surface area contributed by atoms with E-state index in [0.29, 0.717) is 22.9 Å². The maximum atomic E-state index is 11.9. The van der Waals surface area contributed by atoms with Gasteiger partial charge in [-0.15, -0.1) is 0 Å². The summed E-state index contributed by atoms with van der Waals surface area (Å²) in [7, 11) is 1.69. The zero-order valence-corrected chi connectivity index (χ0v) is 20.6. The second kappa shape index (κ2) is 9.08. The fraction of sp³-hybridized carbons (Fsp3) is 0.500. The first-order valence-corrected chi connectivity index (χ1v) is 12.0. The third-order valence-electron chi connectivity index (χ3n) is 7.42. The molecule has 172 valence electrons. The van der Waals surface area contributed by atoms with E-state index in [1.165, 1.54) is 0 Å². The molecule has 0 unspecified atom stereocenters. The molecule has 0 spiro atoms. The van der Waals surface area contributed by atoms with Gasteiger partial charge in [0.15, 0.2) is 0 Å². The van der Waals surface area contributed by atoms with Gasteiger partial charge in [-0.25, -0.2) is 4.90 Å². The Balaban J connectivity index is 1.97.